The Morgan fingerprint density at radius 3 is 1.61 bits per heavy atom. The molecule has 8 heteroatoms. The summed E-state index contributed by atoms with van der Waals surface area (Å²) in [4.78, 5) is 21.7. The smallest absolute Gasteiger partial charge is 0.0159 e. The van der Waals surface area contributed by atoms with Gasteiger partial charge >= 0.3 is 28.2 Å². The van der Waals surface area contributed by atoms with Crippen LogP contribution in [0, 0.1) is 6.92 Å². The van der Waals surface area contributed by atoms with Crippen LogP contribution in [0.5, 0.6) is 0 Å². The molecule has 0 heterocycles. The zero-order chi connectivity index (χ0) is 15.4. The average Bonchev–Trinajstić information content (AvgIpc) is 2.32. The molecule has 1 N–H and O–H groups in total. The predicted octanol–water partition coefficient (Wildman–Crippen LogP) is 0.165. The topological polar surface area (TPSA) is 74.9 Å². The fourth-order valence-electron chi connectivity index (χ4n) is 0.451. The van der Waals surface area contributed by atoms with Crippen LogP contribution in [0.25, 0.3) is 5.41 Å². The van der Waals surface area contributed by atoms with E-state index in [2.05, 4.69) is 59.6 Å². The summed E-state index contributed by atoms with van der Waals surface area (Å²) in [5, 5.41) is 8.96. The molecular formula is C10H21ClN4O2Pt-3. The largest absolute Gasteiger partial charge is 0.724 e. The van der Waals surface area contributed by atoms with Crippen molar-refractivity contribution in [3.63, 3.8) is 0 Å². The first-order valence-electron chi connectivity index (χ1n) is 4.78. The summed E-state index contributed by atoms with van der Waals surface area (Å²) in [7, 11) is 13.0. The van der Waals surface area contributed by atoms with Gasteiger partial charge in [-0.25, -0.2) is 0 Å². The number of hydrogen-bond acceptors (Lipinski definition) is 4. The van der Waals surface area contributed by atoms with Crippen molar-refractivity contribution in [1.82, 2.24) is 15.1 Å². The molecule has 0 aromatic rings. The van der Waals surface area contributed by atoms with Crippen LogP contribution >= 0.6 is 9.42 Å². The third-order valence-corrected chi connectivity index (χ3v) is 1.19. The Hall–Kier alpha value is -0.252. The van der Waals surface area contributed by atoms with Gasteiger partial charge in [0, 0.05) is 13.1 Å². The van der Waals surface area contributed by atoms with Gasteiger partial charge in [0.2, 0.25) is 0 Å². The maximum absolute atomic E-state index is 9.13. The van der Waals surface area contributed by atoms with E-state index in [0.717, 1.165) is 13.1 Å². The van der Waals surface area contributed by atoms with E-state index in [4.69, 9.17) is 15.0 Å². The van der Waals surface area contributed by atoms with Gasteiger partial charge in [-0.2, -0.15) is 6.41 Å². The third kappa shape index (κ3) is 75.2. The molecule has 0 radical (unpaired) electrons. The van der Waals surface area contributed by atoms with Gasteiger partial charge in [-0.15, -0.1) is 6.54 Å². The third-order valence-electron chi connectivity index (χ3n) is 1.19. The van der Waals surface area contributed by atoms with E-state index < -0.39 is 0 Å². The van der Waals surface area contributed by atoms with Crippen molar-refractivity contribution in [3.8, 4) is 0 Å². The molecule has 18 heavy (non-hydrogen) atoms. The van der Waals surface area contributed by atoms with Crippen molar-refractivity contribution in [1.29, 1.82) is 0 Å². The molecule has 0 saturated carbocycles. The maximum atomic E-state index is 9.13. The van der Waals surface area contributed by atoms with Gasteiger partial charge < -0.3 is 32.2 Å². The average molecular weight is 460 g/mol. The van der Waals surface area contributed by atoms with Crippen molar-refractivity contribution in [2.24, 2.45) is 0 Å². The number of halogens is 1. The number of isocyanates is 1. The van der Waals surface area contributed by atoms with Crippen LogP contribution in [0.3, 0.4) is 0 Å². The van der Waals surface area contributed by atoms with Crippen LogP contribution in [0.4, 0.5) is 0 Å². The van der Waals surface area contributed by atoms with Crippen molar-refractivity contribution in [3.05, 3.63) is 12.3 Å². The van der Waals surface area contributed by atoms with E-state index in [-0.39, 0.29) is 0 Å². The van der Waals surface area contributed by atoms with E-state index in [0.29, 0.717) is 12.6 Å². The Morgan fingerprint density at radius 2 is 1.56 bits per heavy atom. The fourth-order valence-corrected chi connectivity index (χ4v) is 0.451. The summed E-state index contributed by atoms with van der Waals surface area (Å²) in [6.45, 7) is 6.01. The molecule has 0 saturated heterocycles. The van der Waals surface area contributed by atoms with Crippen molar-refractivity contribution >= 4 is 21.9 Å². The first-order chi connectivity index (χ1) is 8.45. The number of amides is 1. The fraction of sp³-hybridized carbons (Fsp3) is 0.700. The summed E-state index contributed by atoms with van der Waals surface area (Å²) in [6.07, 6.45) is 1.95. The summed E-state index contributed by atoms with van der Waals surface area (Å²) in [5.74, 6) is 0. The van der Waals surface area contributed by atoms with Gasteiger partial charge in [-0.3, -0.25) is 4.79 Å². The molecule has 0 rings (SSSR count). The van der Waals surface area contributed by atoms with Gasteiger partial charge in [-0.1, -0.05) is 0 Å². The number of hydrogen-bond donors (Lipinski definition) is 1. The number of nitrogens with one attached hydrogen (secondary N) is 1. The molecule has 0 aliphatic heterocycles. The molecule has 0 fully saturated rings. The van der Waals surface area contributed by atoms with Crippen LogP contribution < -0.4 is 5.32 Å². The second-order valence-corrected chi connectivity index (χ2v) is 3.23. The van der Waals surface area contributed by atoms with Crippen LogP contribution in [0.2, 0.25) is 0 Å². The Kier molecular flexibility index (Phi) is 44.0. The Bertz CT molecular complexity index is 169. The molecule has 1 amide bonds. The Labute approximate surface area is 125 Å². The molecule has 6 nitrogen and oxygen atoms in total. The second kappa shape index (κ2) is 30.1. The second-order valence-electron chi connectivity index (χ2n) is 3.23. The minimum Gasteiger partial charge on any atom is -0.724 e. The van der Waals surface area contributed by atoms with E-state index in [1.54, 1.807) is 18.8 Å². The zero-order valence-electron chi connectivity index (χ0n) is 11.2. The van der Waals surface area contributed by atoms with E-state index in [9.17, 15) is 0 Å². The number of nitrogens with zero attached hydrogens (tertiary/aromatic N) is 3. The predicted molar refractivity (Wildman–Crippen MR) is 71.1 cm³/mol. The quantitative estimate of drug-likeness (QED) is 0.275. The molecule has 0 bridgehead atoms. The monoisotopic (exact) mass is 459 g/mol. The molecule has 0 aliphatic carbocycles. The normalized spacial score (nSPS) is 7.67. The summed E-state index contributed by atoms with van der Waals surface area (Å²) in [5.41, 5.74) is 0. The van der Waals surface area contributed by atoms with Crippen LogP contribution in [0.1, 0.15) is 0 Å². The molecular weight excluding hydrogens is 439 g/mol. The minimum atomic E-state index is 0.420. The van der Waals surface area contributed by atoms with Gasteiger partial charge in [0.25, 0.3) is 0 Å². The summed E-state index contributed by atoms with van der Waals surface area (Å²) >= 11 is 1.61. The van der Waals surface area contributed by atoms with E-state index in [1.807, 2.05) is 0 Å². The van der Waals surface area contributed by atoms with Crippen molar-refractivity contribution in [2.45, 2.75) is 0 Å². The van der Waals surface area contributed by atoms with Crippen LogP contribution in [-0.2, 0) is 28.4 Å². The molecule has 0 aromatic heterocycles. The first-order valence-corrected chi connectivity index (χ1v) is 7.59. The maximum Gasteiger partial charge on any atom is -0.0159 e. The van der Waals surface area contributed by atoms with Crippen molar-refractivity contribution in [2.75, 3.05) is 47.8 Å². The van der Waals surface area contributed by atoms with Gasteiger partial charge in [0.1, 0.15) is 0 Å². The minimum absolute atomic E-state index is 0.420. The van der Waals surface area contributed by atoms with Crippen molar-refractivity contribution < 1.29 is 28.4 Å². The Morgan fingerprint density at radius 1 is 1.28 bits per heavy atom. The SMILES string of the molecule is CN(C)CCN(C)C.[CH2-]CN[C-]=O.[Cl][Pt].[N-]=C=O. The summed E-state index contributed by atoms with van der Waals surface area (Å²) in [6, 6.07) is 0. The van der Waals surface area contributed by atoms with E-state index in [1.165, 1.54) is 6.41 Å². The molecule has 0 aromatic carbocycles. The summed E-state index contributed by atoms with van der Waals surface area (Å²) < 4.78 is 0. The number of rotatable bonds is 5. The van der Waals surface area contributed by atoms with E-state index >= 15 is 0 Å². The first kappa shape index (κ1) is 26.3. The van der Waals surface area contributed by atoms with Crippen LogP contribution in [-0.4, -0.2) is 70.1 Å². The number of carbonyl (C=O) groups excluding carboxylic acids is 2. The van der Waals surface area contributed by atoms with Gasteiger partial charge in [0.05, 0.1) is 0 Å². The Balaban J connectivity index is -0.0000000842. The molecule has 0 unspecified atom stereocenters. The number of likely N-dealkylation sites (N-methyl/N-ethyl adjacent to an activating group) is 2. The van der Waals surface area contributed by atoms with Gasteiger partial charge in [-0.05, 0) is 34.3 Å². The van der Waals surface area contributed by atoms with Gasteiger partial charge in [0.15, 0.2) is 0 Å². The zero-order valence-corrected chi connectivity index (χ0v) is 14.2. The molecule has 0 spiro atoms. The molecule has 113 valence electrons. The molecule has 0 aliphatic rings. The molecule has 0 atom stereocenters. The van der Waals surface area contributed by atoms with Crippen LogP contribution in [0.15, 0.2) is 0 Å². The standard InChI is InChI=1S/C6H16N2.C3H5NO.CNO.ClH.Pt/c1-7(2)5-6-8(3)4;1-2-4-3-5;2-1-3;;/h5-6H2,1-4H3;1-2H2,(H,4,5);;1H;/q;-2;-1;;+1/p-1.